The van der Waals surface area contributed by atoms with Crippen LogP contribution in [0.1, 0.15) is 30.1 Å². The predicted octanol–water partition coefficient (Wildman–Crippen LogP) is 1.88. The summed E-state index contributed by atoms with van der Waals surface area (Å²) in [5.74, 6) is -0.678. The van der Waals surface area contributed by atoms with Crippen molar-refractivity contribution in [1.82, 2.24) is 9.88 Å². The quantitative estimate of drug-likeness (QED) is 0.594. The van der Waals surface area contributed by atoms with Crippen LogP contribution < -0.4 is 0 Å². The second-order valence-electron chi connectivity index (χ2n) is 4.93. The number of pyridine rings is 1. The van der Waals surface area contributed by atoms with Gasteiger partial charge in [0.1, 0.15) is 0 Å². The van der Waals surface area contributed by atoms with Crippen molar-refractivity contribution in [3.8, 4) is 0 Å². The summed E-state index contributed by atoms with van der Waals surface area (Å²) in [4.78, 5) is 17.5. The number of nitrogens with zero attached hydrogens (tertiary/aromatic N) is 2. The van der Waals surface area contributed by atoms with E-state index in [0.717, 1.165) is 12.8 Å². The van der Waals surface area contributed by atoms with Gasteiger partial charge in [0, 0.05) is 25.9 Å². The lowest BCUT2D eigenvalue weighted by atomic mass is 10.1. The molecule has 1 saturated heterocycles. The van der Waals surface area contributed by atoms with Gasteiger partial charge in [0.15, 0.2) is 0 Å². The Kier molecular flexibility index (Phi) is 6.07. The molecule has 1 amide bonds. The highest BCUT2D eigenvalue weighted by molar-refractivity contribution is 5.93. The number of carbonyl (C=O) groups is 1. The third-order valence-corrected chi connectivity index (χ3v) is 3.49. The molecular formula is C15H21FN2O3. The summed E-state index contributed by atoms with van der Waals surface area (Å²) in [6.07, 6.45) is 3.09. The molecule has 116 valence electrons. The molecule has 1 aromatic rings. The summed E-state index contributed by atoms with van der Waals surface area (Å²) >= 11 is 0. The molecule has 2 heterocycles. The first-order valence-corrected chi connectivity index (χ1v) is 7.31. The number of likely N-dealkylation sites (tertiary alicyclic amines) is 1. The Balaban J connectivity index is 1.75. The van der Waals surface area contributed by atoms with E-state index in [9.17, 15) is 9.18 Å². The zero-order chi connectivity index (χ0) is 15.1. The lowest BCUT2D eigenvalue weighted by Crippen LogP contribution is -2.41. The number of hydrogen-bond acceptors (Lipinski definition) is 4. The predicted molar refractivity (Wildman–Crippen MR) is 75.6 cm³/mol. The van der Waals surface area contributed by atoms with Crippen molar-refractivity contribution in [2.75, 3.05) is 32.9 Å². The fourth-order valence-corrected chi connectivity index (χ4v) is 2.33. The molecule has 0 aromatic carbocycles. The lowest BCUT2D eigenvalue weighted by molar-refractivity contribution is -0.0182. The van der Waals surface area contributed by atoms with E-state index in [4.69, 9.17) is 9.47 Å². The fourth-order valence-electron chi connectivity index (χ4n) is 2.33. The summed E-state index contributed by atoms with van der Waals surface area (Å²) < 4.78 is 23.7. The summed E-state index contributed by atoms with van der Waals surface area (Å²) in [7, 11) is 0. The molecule has 0 radical (unpaired) electrons. The number of rotatable bonds is 6. The van der Waals surface area contributed by atoms with E-state index < -0.39 is 5.95 Å². The van der Waals surface area contributed by atoms with E-state index in [1.165, 1.54) is 18.3 Å². The van der Waals surface area contributed by atoms with Crippen LogP contribution in [0.5, 0.6) is 0 Å². The maximum absolute atomic E-state index is 12.8. The SMILES string of the molecule is CCOCCOC1CCN(C(=O)c2ccc(F)nc2)CC1. The Morgan fingerprint density at radius 1 is 1.38 bits per heavy atom. The average Bonchev–Trinajstić information content (AvgIpc) is 2.52. The molecular weight excluding hydrogens is 275 g/mol. The first kappa shape index (κ1) is 15.9. The van der Waals surface area contributed by atoms with E-state index in [-0.39, 0.29) is 12.0 Å². The number of ether oxygens (including phenoxy) is 2. The molecule has 1 aliphatic heterocycles. The number of carbonyl (C=O) groups excluding carboxylic acids is 1. The second-order valence-corrected chi connectivity index (χ2v) is 4.93. The first-order chi connectivity index (χ1) is 10.2. The molecule has 1 aliphatic rings. The third kappa shape index (κ3) is 4.75. The zero-order valence-corrected chi connectivity index (χ0v) is 12.3. The van der Waals surface area contributed by atoms with Crippen molar-refractivity contribution in [2.24, 2.45) is 0 Å². The number of piperidine rings is 1. The molecule has 0 bridgehead atoms. The van der Waals surface area contributed by atoms with Gasteiger partial charge < -0.3 is 14.4 Å². The third-order valence-electron chi connectivity index (χ3n) is 3.49. The van der Waals surface area contributed by atoms with E-state index >= 15 is 0 Å². The van der Waals surface area contributed by atoms with E-state index in [0.29, 0.717) is 38.5 Å². The van der Waals surface area contributed by atoms with Crippen molar-refractivity contribution >= 4 is 5.91 Å². The summed E-state index contributed by atoms with van der Waals surface area (Å²) in [5, 5.41) is 0. The summed E-state index contributed by atoms with van der Waals surface area (Å²) in [5.41, 5.74) is 0.423. The molecule has 6 heteroatoms. The molecule has 0 unspecified atom stereocenters. The molecule has 0 spiro atoms. The Bertz CT molecular complexity index is 445. The molecule has 1 fully saturated rings. The normalized spacial score (nSPS) is 16.2. The van der Waals surface area contributed by atoms with Crippen LogP contribution in [0.2, 0.25) is 0 Å². The number of hydrogen-bond donors (Lipinski definition) is 0. The first-order valence-electron chi connectivity index (χ1n) is 7.31. The lowest BCUT2D eigenvalue weighted by Gasteiger charge is -2.32. The van der Waals surface area contributed by atoms with Crippen LogP contribution in [0.3, 0.4) is 0 Å². The largest absolute Gasteiger partial charge is 0.379 e. The monoisotopic (exact) mass is 296 g/mol. The van der Waals surface area contributed by atoms with E-state index in [1.807, 2.05) is 6.92 Å². The highest BCUT2D eigenvalue weighted by atomic mass is 19.1. The van der Waals surface area contributed by atoms with Gasteiger partial charge in [-0.15, -0.1) is 0 Å². The maximum atomic E-state index is 12.8. The molecule has 0 N–H and O–H groups in total. The van der Waals surface area contributed by atoms with Crippen molar-refractivity contribution in [3.63, 3.8) is 0 Å². The number of amides is 1. The van der Waals surface area contributed by atoms with Crippen LogP contribution in [-0.2, 0) is 9.47 Å². The maximum Gasteiger partial charge on any atom is 0.255 e. The van der Waals surface area contributed by atoms with Gasteiger partial charge in [0.2, 0.25) is 5.95 Å². The molecule has 21 heavy (non-hydrogen) atoms. The molecule has 0 aliphatic carbocycles. The van der Waals surface area contributed by atoms with Crippen molar-refractivity contribution < 1.29 is 18.7 Å². The molecule has 2 rings (SSSR count). The van der Waals surface area contributed by atoms with Gasteiger partial charge in [0.05, 0.1) is 24.9 Å². The van der Waals surface area contributed by atoms with Crippen LogP contribution in [0.25, 0.3) is 0 Å². The highest BCUT2D eigenvalue weighted by Gasteiger charge is 2.24. The van der Waals surface area contributed by atoms with Crippen LogP contribution in [0, 0.1) is 5.95 Å². The fraction of sp³-hybridized carbons (Fsp3) is 0.600. The van der Waals surface area contributed by atoms with Gasteiger partial charge in [-0.2, -0.15) is 4.39 Å². The van der Waals surface area contributed by atoms with Gasteiger partial charge in [-0.1, -0.05) is 0 Å². The molecule has 0 atom stereocenters. The Morgan fingerprint density at radius 3 is 2.76 bits per heavy atom. The minimum absolute atomic E-state index is 0.102. The summed E-state index contributed by atoms with van der Waals surface area (Å²) in [6, 6.07) is 2.67. The Labute approximate surface area is 124 Å². The zero-order valence-electron chi connectivity index (χ0n) is 12.3. The number of halogens is 1. The van der Waals surface area contributed by atoms with Crippen molar-refractivity contribution in [3.05, 3.63) is 29.8 Å². The Hall–Kier alpha value is -1.53. The van der Waals surface area contributed by atoms with Gasteiger partial charge in [-0.25, -0.2) is 4.98 Å². The van der Waals surface area contributed by atoms with Crippen LogP contribution >= 0.6 is 0 Å². The smallest absolute Gasteiger partial charge is 0.255 e. The molecule has 0 saturated carbocycles. The minimum atomic E-state index is -0.576. The average molecular weight is 296 g/mol. The highest BCUT2D eigenvalue weighted by Crippen LogP contribution is 2.16. The number of aromatic nitrogens is 1. The van der Waals surface area contributed by atoms with Gasteiger partial charge >= 0.3 is 0 Å². The van der Waals surface area contributed by atoms with E-state index in [2.05, 4.69) is 4.98 Å². The Morgan fingerprint density at radius 2 is 2.14 bits per heavy atom. The standard InChI is InChI=1S/C15H21FN2O3/c1-2-20-9-10-21-13-5-7-18(8-6-13)15(19)12-3-4-14(16)17-11-12/h3-4,11,13H,2,5-10H2,1H3. The van der Waals surface area contributed by atoms with Crippen molar-refractivity contribution in [1.29, 1.82) is 0 Å². The van der Waals surface area contributed by atoms with E-state index in [1.54, 1.807) is 4.90 Å². The van der Waals surface area contributed by atoms with Gasteiger partial charge in [0.25, 0.3) is 5.91 Å². The molecule has 1 aromatic heterocycles. The minimum Gasteiger partial charge on any atom is -0.379 e. The van der Waals surface area contributed by atoms with Crippen LogP contribution in [0.4, 0.5) is 4.39 Å². The van der Waals surface area contributed by atoms with Crippen molar-refractivity contribution in [2.45, 2.75) is 25.9 Å². The van der Waals surface area contributed by atoms with Gasteiger partial charge in [-0.05, 0) is 31.9 Å². The topological polar surface area (TPSA) is 51.7 Å². The summed E-state index contributed by atoms with van der Waals surface area (Å²) in [6.45, 7) is 5.15. The second kappa shape index (κ2) is 8.05. The van der Waals surface area contributed by atoms with Crippen LogP contribution in [-0.4, -0.2) is 54.8 Å². The van der Waals surface area contributed by atoms with Crippen LogP contribution in [0.15, 0.2) is 18.3 Å². The molecule has 5 nitrogen and oxygen atoms in total. The van der Waals surface area contributed by atoms with Gasteiger partial charge in [-0.3, -0.25) is 4.79 Å².